The fraction of sp³-hybridized carbons (Fsp3) is 0.226. The molecule has 4 aromatic rings. The minimum absolute atomic E-state index is 0.634. The van der Waals surface area contributed by atoms with E-state index in [9.17, 15) is 0 Å². The zero-order valence-electron chi connectivity index (χ0n) is 21.6. The van der Waals surface area contributed by atoms with E-state index in [1.807, 2.05) is 78.9 Å². The van der Waals surface area contributed by atoms with Gasteiger partial charge in [-0.25, -0.2) is 0 Å². The van der Waals surface area contributed by atoms with Gasteiger partial charge in [0.15, 0.2) is 0 Å². The van der Waals surface area contributed by atoms with E-state index in [1.54, 1.807) is 21.3 Å². The zero-order valence-corrected chi connectivity index (χ0v) is 21.6. The summed E-state index contributed by atoms with van der Waals surface area (Å²) >= 11 is 0. The van der Waals surface area contributed by atoms with E-state index in [4.69, 9.17) is 18.9 Å². The summed E-state index contributed by atoms with van der Waals surface area (Å²) in [7, 11) is 5.01. The number of nitrogens with one attached hydrogen (secondary N) is 2. The highest BCUT2D eigenvalue weighted by molar-refractivity contribution is 5.60. The van der Waals surface area contributed by atoms with Gasteiger partial charge in [0.1, 0.15) is 28.7 Å². The van der Waals surface area contributed by atoms with Crippen molar-refractivity contribution in [1.82, 2.24) is 5.32 Å². The second kappa shape index (κ2) is 13.2. The number of aryl methyl sites for hydroxylation is 1. The molecule has 4 aromatic carbocycles. The average molecular weight is 499 g/mol. The van der Waals surface area contributed by atoms with Crippen LogP contribution in [0.3, 0.4) is 0 Å². The number of rotatable bonds is 13. The maximum atomic E-state index is 6.11. The monoisotopic (exact) mass is 498 g/mol. The molecule has 192 valence electrons. The van der Waals surface area contributed by atoms with E-state index in [0.29, 0.717) is 12.3 Å². The van der Waals surface area contributed by atoms with E-state index < -0.39 is 0 Å². The smallest absolute Gasteiger partial charge is 0.134 e. The maximum absolute atomic E-state index is 6.11. The van der Waals surface area contributed by atoms with Crippen LogP contribution in [0, 0.1) is 0 Å². The van der Waals surface area contributed by atoms with Gasteiger partial charge in [-0.15, -0.1) is 0 Å². The summed E-state index contributed by atoms with van der Waals surface area (Å²) in [5.74, 6) is 3.71. The molecule has 0 aliphatic rings. The minimum Gasteiger partial charge on any atom is -0.497 e. The Morgan fingerprint density at radius 3 is 1.86 bits per heavy atom. The van der Waals surface area contributed by atoms with Crippen molar-refractivity contribution in [2.45, 2.75) is 19.4 Å². The van der Waals surface area contributed by atoms with Crippen LogP contribution in [-0.2, 0) is 13.0 Å². The molecule has 0 amide bonds. The average Bonchev–Trinajstić information content (AvgIpc) is 2.95. The molecule has 0 saturated heterocycles. The van der Waals surface area contributed by atoms with Gasteiger partial charge >= 0.3 is 0 Å². The van der Waals surface area contributed by atoms with E-state index in [-0.39, 0.29) is 0 Å². The molecule has 6 heteroatoms. The molecule has 0 unspecified atom stereocenters. The fourth-order valence-corrected chi connectivity index (χ4v) is 4.05. The first kappa shape index (κ1) is 25.9. The van der Waals surface area contributed by atoms with Crippen molar-refractivity contribution >= 4 is 11.4 Å². The molecule has 0 fully saturated rings. The first-order valence-corrected chi connectivity index (χ1v) is 12.4. The number of anilines is 2. The van der Waals surface area contributed by atoms with Gasteiger partial charge in [-0.1, -0.05) is 30.3 Å². The first-order valence-electron chi connectivity index (χ1n) is 12.4. The molecule has 2 N–H and O–H groups in total. The van der Waals surface area contributed by atoms with Gasteiger partial charge in [0.05, 0.1) is 26.9 Å². The van der Waals surface area contributed by atoms with Crippen molar-refractivity contribution in [3.63, 3.8) is 0 Å². The number of benzene rings is 4. The third kappa shape index (κ3) is 7.41. The van der Waals surface area contributed by atoms with Crippen LogP contribution >= 0.6 is 0 Å². The summed E-state index contributed by atoms with van der Waals surface area (Å²) in [5, 5.41) is 6.88. The van der Waals surface area contributed by atoms with Crippen LogP contribution in [0.4, 0.5) is 11.4 Å². The highest BCUT2D eigenvalue weighted by Gasteiger charge is 2.14. The Balaban J connectivity index is 1.33. The Labute approximate surface area is 219 Å². The largest absolute Gasteiger partial charge is 0.497 e. The van der Waals surface area contributed by atoms with Gasteiger partial charge in [0.25, 0.3) is 0 Å². The molecule has 0 heterocycles. The lowest BCUT2D eigenvalue weighted by atomic mass is 10.1. The number of hydrogen-bond donors (Lipinski definition) is 2. The van der Waals surface area contributed by atoms with E-state index in [1.165, 1.54) is 5.56 Å². The second-order valence-electron chi connectivity index (χ2n) is 8.55. The summed E-state index contributed by atoms with van der Waals surface area (Å²) in [6.45, 7) is 1.51. The van der Waals surface area contributed by atoms with Crippen molar-refractivity contribution in [3.05, 3.63) is 102 Å². The molecular weight excluding hydrogens is 464 g/mol. The van der Waals surface area contributed by atoms with Gasteiger partial charge in [-0.3, -0.25) is 0 Å². The van der Waals surface area contributed by atoms with Crippen molar-refractivity contribution in [1.29, 1.82) is 0 Å². The molecule has 0 bridgehead atoms. The first-order chi connectivity index (χ1) is 18.2. The summed E-state index contributed by atoms with van der Waals surface area (Å²) in [5.41, 5.74) is 4.28. The SMILES string of the molecule is COc1ccc(CCCNCc2c(OC)cc(Oc3ccc(Nc4ccccc4)cc3)cc2OC)cc1. The van der Waals surface area contributed by atoms with Crippen LogP contribution in [0.15, 0.2) is 91.0 Å². The van der Waals surface area contributed by atoms with E-state index in [2.05, 4.69) is 22.8 Å². The Hall–Kier alpha value is -4.16. The van der Waals surface area contributed by atoms with E-state index in [0.717, 1.165) is 59.3 Å². The Morgan fingerprint density at radius 2 is 1.24 bits per heavy atom. The standard InChI is InChI=1S/C31H34N2O4/c1-34-26-15-11-23(12-16-26)8-7-19-32-22-29-30(35-2)20-28(21-31(29)36-3)37-27-17-13-25(14-18-27)33-24-9-5-4-6-10-24/h4-6,9-18,20-21,32-33H,7-8,19,22H2,1-3H3. The summed E-state index contributed by atoms with van der Waals surface area (Å²) in [4.78, 5) is 0. The fourth-order valence-electron chi connectivity index (χ4n) is 4.05. The minimum atomic E-state index is 0.634. The number of methoxy groups -OCH3 is 3. The summed E-state index contributed by atoms with van der Waals surface area (Å²) < 4.78 is 22.7. The lowest BCUT2D eigenvalue weighted by Crippen LogP contribution is -2.16. The lowest BCUT2D eigenvalue weighted by molar-refractivity contribution is 0.375. The van der Waals surface area contributed by atoms with E-state index >= 15 is 0 Å². The highest BCUT2D eigenvalue weighted by atomic mass is 16.5. The highest BCUT2D eigenvalue weighted by Crippen LogP contribution is 2.36. The number of hydrogen-bond acceptors (Lipinski definition) is 6. The number of para-hydroxylation sites is 1. The molecule has 0 aliphatic heterocycles. The topological polar surface area (TPSA) is 61.0 Å². The van der Waals surface area contributed by atoms with Gasteiger partial charge in [-0.05, 0) is 73.5 Å². The van der Waals surface area contributed by atoms with Crippen LogP contribution in [0.5, 0.6) is 28.7 Å². The van der Waals surface area contributed by atoms with Gasteiger partial charge in [0, 0.05) is 30.1 Å². The molecular formula is C31H34N2O4. The van der Waals surface area contributed by atoms with Crippen molar-refractivity contribution in [2.24, 2.45) is 0 Å². The van der Waals surface area contributed by atoms with Crippen LogP contribution in [0.25, 0.3) is 0 Å². The zero-order chi connectivity index (χ0) is 25.9. The lowest BCUT2D eigenvalue weighted by Gasteiger charge is -2.16. The maximum Gasteiger partial charge on any atom is 0.134 e. The molecule has 37 heavy (non-hydrogen) atoms. The van der Waals surface area contributed by atoms with Crippen LogP contribution in [0.1, 0.15) is 17.5 Å². The van der Waals surface area contributed by atoms with Crippen LogP contribution < -0.4 is 29.6 Å². The summed E-state index contributed by atoms with van der Waals surface area (Å²) in [6, 6.07) is 29.9. The van der Waals surface area contributed by atoms with Crippen molar-refractivity contribution in [3.8, 4) is 28.7 Å². The third-order valence-electron chi connectivity index (χ3n) is 6.01. The predicted octanol–water partition coefficient (Wildman–Crippen LogP) is 6.97. The molecule has 6 nitrogen and oxygen atoms in total. The normalized spacial score (nSPS) is 10.6. The Kier molecular flexibility index (Phi) is 9.27. The summed E-state index contributed by atoms with van der Waals surface area (Å²) in [6.07, 6.45) is 2.02. The van der Waals surface area contributed by atoms with Gasteiger partial charge in [-0.2, -0.15) is 0 Å². The molecule has 0 radical (unpaired) electrons. The van der Waals surface area contributed by atoms with Crippen LogP contribution in [0.2, 0.25) is 0 Å². The molecule has 0 saturated carbocycles. The number of ether oxygens (including phenoxy) is 4. The molecule has 4 rings (SSSR count). The van der Waals surface area contributed by atoms with Gasteiger partial charge in [0.2, 0.25) is 0 Å². The Morgan fingerprint density at radius 1 is 0.622 bits per heavy atom. The van der Waals surface area contributed by atoms with Crippen molar-refractivity contribution < 1.29 is 18.9 Å². The molecule has 0 aromatic heterocycles. The third-order valence-corrected chi connectivity index (χ3v) is 6.01. The Bertz CT molecular complexity index is 1220. The molecule has 0 aliphatic carbocycles. The molecule has 0 atom stereocenters. The molecule has 0 spiro atoms. The second-order valence-corrected chi connectivity index (χ2v) is 8.55. The van der Waals surface area contributed by atoms with Gasteiger partial charge < -0.3 is 29.6 Å². The van der Waals surface area contributed by atoms with Crippen molar-refractivity contribution in [2.75, 3.05) is 33.2 Å². The predicted molar refractivity (Wildman–Crippen MR) is 149 cm³/mol. The quantitative estimate of drug-likeness (QED) is 0.194. The van der Waals surface area contributed by atoms with Crippen LogP contribution in [-0.4, -0.2) is 27.9 Å².